The second-order valence-electron chi connectivity index (χ2n) is 5.42. The van der Waals surface area contributed by atoms with Gasteiger partial charge in [-0.3, -0.25) is 9.52 Å². The first-order valence-electron chi connectivity index (χ1n) is 7.62. The second-order valence-corrected chi connectivity index (χ2v) is 7.44. The molecule has 0 atom stereocenters. The maximum absolute atomic E-state index is 12.4. The van der Waals surface area contributed by atoms with Crippen LogP contribution in [0.3, 0.4) is 0 Å². The highest BCUT2D eigenvalue weighted by atomic mass is 35.5. The van der Waals surface area contributed by atoms with Crippen molar-refractivity contribution in [1.82, 2.24) is 9.97 Å². The van der Waals surface area contributed by atoms with Crippen molar-refractivity contribution in [1.29, 1.82) is 0 Å². The first-order valence-corrected chi connectivity index (χ1v) is 9.49. The number of halogens is 1. The highest BCUT2D eigenvalue weighted by Gasteiger charge is 2.15. The third-order valence-electron chi connectivity index (χ3n) is 3.52. The van der Waals surface area contributed by atoms with E-state index in [1.54, 1.807) is 42.5 Å². The molecule has 6 nitrogen and oxygen atoms in total. The zero-order valence-corrected chi connectivity index (χ0v) is 15.0. The van der Waals surface area contributed by atoms with Crippen molar-refractivity contribution >= 4 is 33.1 Å². The van der Waals surface area contributed by atoms with Crippen LogP contribution in [0.2, 0.25) is 5.28 Å². The molecule has 0 amide bonds. The van der Waals surface area contributed by atoms with Crippen molar-refractivity contribution in [3.8, 4) is 0 Å². The van der Waals surface area contributed by atoms with Gasteiger partial charge >= 0.3 is 0 Å². The number of Topliss-reactive ketones (excluding diaryl/α,β-unsaturated/α-hetero) is 1. The first-order chi connectivity index (χ1) is 12.4. The lowest BCUT2D eigenvalue weighted by Crippen LogP contribution is -2.13. The molecular weight excluding hydrogens is 374 g/mol. The molecule has 0 unspecified atom stereocenters. The number of carbonyl (C=O) groups excluding carboxylic acids is 1. The molecule has 2 aromatic carbocycles. The number of aromatic nitrogens is 2. The van der Waals surface area contributed by atoms with Crippen molar-refractivity contribution in [3.63, 3.8) is 0 Å². The van der Waals surface area contributed by atoms with E-state index in [-0.39, 0.29) is 22.4 Å². The van der Waals surface area contributed by atoms with Gasteiger partial charge in [0, 0.05) is 17.4 Å². The van der Waals surface area contributed by atoms with Crippen LogP contribution < -0.4 is 4.72 Å². The first kappa shape index (κ1) is 18.0. The van der Waals surface area contributed by atoms with Crippen LogP contribution in [0.1, 0.15) is 16.1 Å². The maximum atomic E-state index is 12.4. The third-order valence-corrected chi connectivity index (χ3v) is 5.10. The molecule has 0 aliphatic carbocycles. The predicted molar refractivity (Wildman–Crippen MR) is 98.8 cm³/mol. The van der Waals surface area contributed by atoms with E-state index < -0.39 is 10.0 Å². The van der Waals surface area contributed by atoms with Crippen LogP contribution in [0.4, 0.5) is 5.69 Å². The largest absolute Gasteiger partial charge is 0.294 e. The minimum absolute atomic E-state index is 0.0388. The number of carbonyl (C=O) groups is 1. The lowest BCUT2D eigenvalue weighted by molar-refractivity contribution is 0.0992. The Morgan fingerprint density at radius 1 is 1.04 bits per heavy atom. The Morgan fingerprint density at radius 2 is 1.81 bits per heavy atom. The Bertz CT molecular complexity index is 1040. The Hall–Kier alpha value is -2.77. The van der Waals surface area contributed by atoms with E-state index >= 15 is 0 Å². The predicted octanol–water partition coefficient (Wildman–Crippen LogP) is 3.36. The Labute approximate surface area is 155 Å². The van der Waals surface area contributed by atoms with E-state index in [1.165, 1.54) is 24.4 Å². The molecule has 0 aliphatic rings. The average molecular weight is 388 g/mol. The van der Waals surface area contributed by atoms with Crippen molar-refractivity contribution < 1.29 is 13.2 Å². The molecule has 0 aliphatic heterocycles. The van der Waals surface area contributed by atoms with Crippen LogP contribution >= 0.6 is 11.6 Å². The Balaban J connectivity index is 1.79. The summed E-state index contributed by atoms with van der Waals surface area (Å²) in [5, 5.41) is 0.0691. The molecular formula is C18H14ClN3O3S. The van der Waals surface area contributed by atoms with Gasteiger partial charge in [-0.25, -0.2) is 18.4 Å². The quantitative estimate of drug-likeness (QED) is 0.517. The van der Waals surface area contributed by atoms with Gasteiger partial charge in [0.2, 0.25) is 5.28 Å². The standard InChI is InChI=1S/C18H14ClN3O3S/c19-18-20-10-9-14(21-18)12-17(23)13-5-4-6-15(11-13)22-26(24,25)16-7-2-1-3-8-16/h1-11,22H,12H2. The Morgan fingerprint density at radius 3 is 2.54 bits per heavy atom. The van der Waals surface area contributed by atoms with Gasteiger partial charge in [0.15, 0.2) is 5.78 Å². The second kappa shape index (κ2) is 7.63. The lowest BCUT2D eigenvalue weighted by atomic mass is 10.1. The number of sulfonamides is 1. The summed E-state index contributed by atoms with van der Waals surface area (Å²) in [6.07, 6.45) is 1.51. The van der Waals surface area contributed by atoms with Gasteiger partial charge < -0.3 is 0 Å². The molecule has 0 saturated carbocycles. The summed E-state index contributed by atoms with van der Waals surface area (Å²) in [7, 11) is -3.72. The number of anilines is 1. The van der Waals surface area contributed by atoms with Crippen molar-refractivity contribution in [2.45, 2.75) is 11.3 Å². The van der Waals surface area contributed by atoms with E-state index in [1.807, 2.05) is 0 Å². The van der Waals surface area contributed by atoms with E-state index in [0.29, 0.717) is 16.9 Å². The molecule has 0 radical (unpaired) electrons. The molecule has 8 heteroatoms. The fourth-order valence-corrected chi connectivity index (χ4v) is 3.54. The number of rotatable bonds is 6. The van der Waals surface area contributed by atoms with Gasteiger partial charge in [0.05, 0.1) is 17.0 Å². The number of hydrogen-bond donors (Lipinski definition) is 1. The molecule has 26 heavy (non-hydrogen) atoms. The van der Waals surface area contributed by atoms with Crippen molar-refractivity contribution in [3.05, 3.63) is 83.4 Å². The number of nitrogens with zero attached hydrogens (tertiary/aromatic N) is 2. The van der Waals surface area contributed by atoms with Crippen molar-refractivity contribution in [2.75, 3.05) is 4.72 Å². The normalized spacial score (nSPS) is 11.1. The summed E-state index contributed by atoms with van der Waals surface area (Å²) in [6, 6.07) is 15.9. The van der Waals surface area contributed by atoms with Crippen LogP contribution in [0.25, 0.3) is 0 Å². The van der Waals surface area contributed by atoms with Gasteiger partial charge in [0.25, 0.3) is 10.0 Å². The summed E-state index contributed by atoms with van der Waals surface area (Å²) >= 11 is 5.72. The zero-order valence-electron chi connectivity index (χ0n) is 13.5. The highest BCUT2D eigenvalue weighted by molar-refractivity contribution is 7.92. The fourth-order valence-electron chi connectivity index (χ4n) is 2.30. The van der Waals surface area contributed by atoms with Gasteiger partial charge in [-0.15, -0.1) is 0 Å². The summed E-state index contributed by atoms with van der Waals surface area (Å²) in [5.74, 6) is -0.208. The van der Waals surface area contributed by atoms with Gasteiger partial charge in [-0.2, -0.15) is 0 Å². The van der Waals surface area contributed by atoms with E-state index in [2.05, 4.69) is 14.7 Å². The summed E-state index contributed by atoms with van der Waals surface area (Å²) in [4.78, 5) is 20.3. The topological polar surface area (TPSA) is 89.0 Å². The smallest absolute Gasteiger partial charge is 0.261 e. The zero-order chi connectivity index (χ0) is 18.6. The number of hydrogen-bond acceptors (Lipinski definition) is 5. The number of benzene rings is 2. The minimum atomic E-state index is -3.72. The third kappa shape index (κ3) is 4.44. The lowest BCUT2D eigenvalue weighted by Gasteiger charge is -2.09. The number of ketones is 1. The van der Waals surface area contributed by atoms with Gasteiger partial charge in [-0.05, 0) is 41.9 Å². The summed E-state index contributed by atoms with van der Waals surface area (Å²) in [5.41, 5.74) is 1.17. The van der Waals surface area contributed by atoms with Crippen LogP contribution in [0, 0.1) is 0 Å². The molecule has 0 bridgehead atoms. The highest BCUT2D eigenvalue weighted by Crippen LogP contribution is 2.18. The molecule has 0 saturated heterocycles. The van der Waals surface area contributed by atoms with Crippen LogP contribution in [0.5, 0.6) is 0 Å². The Kier molecular flexibility index (Phi) is 5.29. The minimum Gasteiger partial charge on any atom is -0.294 e. The molecule has 0 fully saturated rings. The van der Waals surface area contributed by atoms with E-state index in [0.717, 1.165) is 0 Å². The molecule has 3 rings (SSSR count). The van der Waals surface area contributed by atoms with Crippen molar-refractivity contribution in [2.24, 2.45) is 0 Å². The molecule has 1 N–H and O–H groups in total. The van der Waals surface area contributed by atoms with E-state index in [9.17, 15) is 13.2 Å². The fraction of sp³-hybridized carbons (Fsp3) is 0.0556. The monoisotopic (exact) mass is 387 g/mol. The molecule has 132 valence electrons. The van der Waals surface area contributed by atoms with Crippen LogP contribution in [-0.2, 0) is 16.4 Å². The van der Waals surface area contributed by atoms with E-state index in [4.69, 9.17) is 11.6 Å². The maximum Gasteiger partial charge on any atom is 0.261 e. The summed E-state index contributed by atoms with van der Waals surface area (Å²) < 4.78 is 27.2. The summed E-state index contributed by atoms with van der Waals surface area (Å²) in [6.45, 7) is 0. The SMILES string of the molecule is O=C(Cc1ccnc(Cl)n1)c1cccc(NS(=O)(=O)c2ccccc2)c1. The molecule has 1 heterocycles. The molecule has 3 aromatic rings. The van der Waals surface area contributed by atoms with Gasteiger partial charge in [0.1, 0.15) is 0 Å². The van der Waals surface area contributed by atoms with Crippen LogP contribution in [-0.4, -0.2) is 24.2 Å². The van der Waals surface area contributed by atoms with Crippen LogP contribution in [0.15, 0.2) is 71.8 Å². The molecule has 0 spiro atoms. The molecule has 1 aromatic heterocycles. The number of nitrogens with one attached hydrogen (secondary N) is 1. The van der Waals surface area contributed by atoms with Gasteiger partial charge in [-0.1, -0.05) is 30.3 Å². The average Bonchev–Trinajstić information content (AvgIpc) is 2.62.